The van der Waals surface area contributed by atoms with Gasteiger partial charge in [0.1, 0.15) is 0 Å². The summed E-state index contributed by atoms with van der Waals surface area (Å²) in [6.07, 6.45) is 4.66. The molecular weight excluding hydrogens is 108 g/mol. The number of hydrogen-bond acceptors (Lipinski definition) is 0. The van der Waals surface area contributed by atoms with Gasteiger partial charge in [-0.05, 0) is 42.9 Å². The highest BCUT2D eigenvalue weighted by molar-refractivity contribution is 4.97. The maximum atomic E-state index is 2.37. The van der Waals surface area contributed by atoms with Crippen molar-refractivity contribution < 1.29 is 0 Å². The third-order valence-electron chi connectivity index (χ3n) is 2.97. The Morgan fingerprint density at radius 1 is 1.22 bits per heavy atom. The maximum absolute atomic E-state index is 2.37. The molecule has 9 heavy (non-hydrogen) atoms. The van der Waals surface area contributed by atoms with Gasteiger partial charge in [0, 0.05) is 0 Å². The summed E-state index contributed by atoms with van der Waals surface area (Å²) in [5.41, 5.74) is 0. The molecule has 2 rings (SSSR count). The number of rotatable bonds is 2. The fourth-order valence-corrected chi connectivity index (χ4v) is 2.07. The molecule has 2 fully saturated rings. The highest BCUT2D eigenvalue weighted by Crippen LogP contribution is 2.56. The van der Waals surface area contributed by atoms with Crippen molar-refractivity contribution in [2.75, 3.05) is 0 Å². The molecule has 0 radical (unpaired) electrons. The molecule has 2 saturated carbocycles. The minimum Gasteiger partial charge on any atom is -0.0625 e. The molecule has 0 spiro atoms. The van der Waals surface area contributed by atoms with E-state index in [-0.39, 0.29) is 0 Å². The van der Waals surface area contributed by atoms with Crippen LogP contribution in [0.4, 0.5) is 0 Å². The van der Waals surface area contributed by atoms with E-state index in [0.717, 1.165) is 11.8 Å². The Morgan fingerprint density at radius 2 is 1.89 bits per heavy atom. The van der Waals surface area contributed by atoms with Crippen molar-refractivity contribution in [1.82, 2.24) is 0 Å². The second-order valence-electron chi connectivity index (χ2n) is 4.14. The molecule has 2 atom stereocenters. The molecule has 0 aliphatic heterocycles. The summed E-state index contributed by atoms with van der Waals surface area (Å²) in [5.74, 6) is 4.44. The van der Waals surface area contributed by atoms with Crippen LogP contribution in [0.2, 0.25) is 0 Å². The fourth-order valence-electron chi connectivity index (χ4n) is 2.07. The Balaban J connectivity index is 1.81. The number of hydrogen-bond donors (Lipinski definition) is 0. The van der Waals surface area contributed by atoms with Gasteiger partial charge in [0.2, 0.25) is 0 Å². The highest BCUT2D eigenvalue weighted by atomic mass is 14.5. The summed E-state index contributed by atoms with van der Waals surface area (Å²) in [4.78, 5) is 0. The minimum absolute atomic E-state index is 0.968. The van der Waals surface area contributed by atoms with E-state index < -0.39 is 0 Å². The normalized spacial score (nSPS) is 41.7. The van der Waals surface area contributed by atoms with Gasteiger partial charge in [-0.2, -0.15) is 0 Å². The molecule has 0 nitrogen and oxygen atoms in total. The Labute approximate surface area is 57.6 Å². The Kier molecular flexibility index (Phi) is 1.12. The molecule has 0 saturated heterocycles. The maximum Gasteiger partial charge on any atom is -0.0352 e. The van der Waals surface area contributed by atoms with Crippen LogP contribution in [0.25, 0.3) is 0 Å². The van der Waals surface area contributed by atoms with Crippen LogP contribution in [0.5, 0.6) is 0 Å². The predicted octanol–water partition coefficient (Wildman–Crippen LogP) is 2.69. The Bertz CT molecular complexity index is 105. The molecule has 0 aromatic heterocycles. The third-order valence-corrected chi connectivity index (χ3v) is 2.97. The van der Waals surface area contributed by atoms with Crippen LogP contribution in [-0.4, -0.2) is 0 Å². The fraction of sp³-hybridized carbons (Fsp3) is 1.00. The first-order chi connectivity index (χ1) is 4.29. The highest BCUT2D eigenvalue weighted by Gasteiger charge is 2.48. The van der Waals surface area contributed by atoms with E-state index >= 15 is 0 Å². The van der Waals surface area contributed by atoms with Gasteiger partial charge in [0.25, 0.3) is 0 Å². The SMILES string of the molecule is CC(C)C1C[C@@H]1C1CC1. The summed E-state index contributed by atoms with van der Waals surface area (Å²) in [6.45, 7) is 4.74. The summed E-state index contributed by atoms with van der Waals surface area (Å²) < 4.78 is 0. The van der Waals surface area contributed by atoms with Gasteiger partial charge < -0.3 is 0 Å². The lowest BCUT2D eigenvalue weighted by atomic mass is 10.1. The van der Waals surface area contributed by atoms with Crippen LogP contribution in [-0.2, 0) is 0 Å². The van der Waals surface area contributed by atoms with E-state index in [1.165, 1.54) is 11.8 Å². The first kappa shape index (κ1) is 5.76. The first-order valence-corrected chi connectivity index (χ1v) is 4.29. The lowest BCUT2D eigenvalue weighted by Crippen LogP contribution is -1.93. The standard InChI is InChI=1S/C9H16/c1-6(2)8-5-9(8)7-3-4-7/h6-9H,3-5H2,1-2H3/t8?,9-/m1/s1. The molecule has 0 heteroatoms. The monoisotopic (exact) mass is 124 g/mol. The quantitative estimate of drug-likeness (QED) is 0.531. The molecule has 2 aliphatic carbocycles. The van der Waals surface area contributed by atoms with Crippen LogP contribution in [0.15, 0.2) is 0 Å². The topological polar surface area (TPSA) is 0 Å². The zero-order chi connectivity index (χ0) is 6.43. The van der Waals surface area contributed by atoms with Gasteiger partial charge in [0.05, 0.1) is 0 Å². The van der Waals surface area contributed by atoms with Gasteiger partial charge in [-0.25, -0.2) is 0 Å². The summed E-state index contributed by atoms with van der Waals surface area (Å²) in [7, 11) is 0. The lowest BCUT2D eigenvalue weighted by molar-refractivity contribution is 0.494. The van der Waals surface area contributed by atoms with Crippen molar-refractivity contribution in [3.63, 3.8) is 0 Å². The molecule has 1 unspecified atom stereocenters. The van der Waals surface area contributed by atoms with Crippen molar-refractivity contribution in [2.24, 2.45) is 23.7 Å². The molecule has 0 amide bonds. The van der Waals surface area contributed by atoms with Gasteiger partial charge >= 0.3 is 0 Å². The van der Waals surface area contributed by atoms with Crippen LogP contribution in [0.3, 0.4) is 0 Å². The van der Waals surface area contributed by atoms with Crippen molar-refractivity contribution in [1.29, 1.82) is 0 Å². The van der Waals surface area contributed by atoms with Gasteiger partial charge in [-0.3, -0.25) is 0 Å². The average molecular weight is 124 g/mol. The molecule has 0 N–H and O–H groups in total. The summed E-state index contributed by atoms with van der Waals surface area (Å²) >= 11 is 0. The minimum atomic E-state index is 0.968. The summed E-state index contributed by atoms with van der Waals surface area (Å²) in [5, 5.41) is 0. The largest absolute Gasteiger partial charge is 0.0625 e. The zero-order valence-corrected chi connectivity index (χ0v) is 6.43. The third kappa shape index (κ3) is 0.997. The molecule has 0 aromatic rings. The van der Waals surface area contributed by atoms with Crippen molar-refractivity contribution in [3.05, 3.63) is 0 Å². The molecule has 2 aliphatic rings. The van der Waals surface area contributed by atoms with Crippen LogP contribution >= 0.6 is 0 Å². The van der Waals surface area contributed by atoms with E-state index in [2.05, 4.69) is 13.8 Å². The second kappa shape index (κ2) is 1.74. The van der Waals surface area contributed by atoms with E-state index in [1.54, 1.807) is 19.3 Å². The first-order valence-electron chi connectivity index (χ1n) is 4.29. The van der Waals surface area contributed by atoms with E-state index in [4.69, 9.17) is 0 Å². The van der Waals surface area contributed by atoms with Gasteiger partial charge in [0.15, 0.2) is 0 Å². The molecule has 0 aromatic carbocycles. The van der Waals surface area contributed by atoms with E-state index in [0.29, 0.717) is 0 Å². The second-order valence-corrected chi connectivity index (χ2v) is 4.14. The molecular formula is C9H16. The van der Waals surface area contributed by atoms with Crippen LogP contribution in [0, 0.1) is 23.7 Å². The molecule has 0 heterocycles. The van der Waals surface area contributed by atoms with Gasteiger partial charge in [-0.1, -0.05) is 13.8 Å². The van der Waals surface area contributed by atoms with Crippen LogP contribution in [0.1, 0.15) is 33.1 Å². The van der Waals surface area contributed by atoms with E-state index in [1.807, 2.05) is 0 Å². The van der Waals surface area contributed by atoms with Crippen molar-refractivity contribution >= 4 is 0 Å². The smallest absolute Gasteiger partial charge is 0.0352 e. The van der Waals surface area contributed by atoms with Crippen LogP contribution < -0.4 is 0 Å². The van der Waals surface area contributed by atoms with E-state index in [9.17, 15) is 0 Å². The predicted molar refractivity (Wildman–Crippen MR) is 39.2 cm³/mol. The van der Waals surface area contributed by atoms with Crippen molar-refractivity contribution in [2.45, 2.75) is 33.1 Å². The molecule has 52 valence electrons. The average Bonchev–Trinajstić information content (AvgIpc) is 2.60. The Hall–Kier alpha value is 0. The zero-order valence-electron chi connectivity index (χ0n) is 6.43. The Morgan fingerprint density at radius 3 is 2.22 bits per heavy atom. The molecule has 0 bridgehead atoms. The van der Waals surface area contributed by atoms with Gasteiger partial charge in [-0.15, -0.1) is 0 Å². The lowest BCUT2D eigenvalue weighted by Gasteiger charge is -1.99. The van der Waals surface area contributed by atoms with Crippen molar-refractivity contribution in [3.8, 4) is 0 Å². The summed E-state index contributed by atoms with van der Waals surface area (Å²) in [6, 6.07) is 0.